The summed E-state index contributed by atoms with van der Waals surface area (Å²) in [5, 5.41) is 6.89. The largest absolute Gasteiger partial charge is 0.324 e. The highest BCUT2D eigenvalue weighted by atomic mass is 15.4. The Bertz CT molecular complexity index is 169. The van der Waals surface area contributed by atoms with Crippen LogP contribution in [-0.4, -0.2) is 57.3 Å². The Hall–Kier alpha value is -0.120. The average Bonchev–Trinajstić information content (AvgIpc) is 2.19. The normalized spacial score (nSPS) is 28.9. The van der Waals surface area contributed by atoms with E-state index in [1.165, 1.54) is 63.1 Å². The molecule has 3 nitrogen and oxygen atoms in total. The van der Waals surface area contributed by atoms with Crippen LogP contribution in [-0.2, 0) is 0 Å². The number of nitrogens with zero attached hydrogens (tertiary/aromatic N) is 1. The standard InChI is InChI=1S/C11H24N3/c1-14(8-6-13-7-9-14)10-11-2-4-12-5-3-11/h11-13H,2-10H2,1H3/q+1. The Morgan fingerprint density at radius 2 is 1.57 bits per heavy atom. The molecule has 2 heterocycles. The van der Waals surface area contributed by atoms with E-state index in [-0.39, 0.29) is 0 Å². The predicted molar refractivity (Wildman–Crippen MR) is 59.2 cm³/mol. The Kier molecular flexibility index (Phi) is 3.42. The molecule has 2 aliphatic heterocycles. The molecule has 0 saturated carbocycles. The van der Waals surface area contributed by atoms with Gasteiger partial charge in [-0.25, -0.2) is 0 Å². The molecule has 0 aromatic rings. The number of piperidine rings is 1. The van der Waals surface area contributed by atoms with Crippen LogP contribution in [0.4, 0.5) is 0 Å². The fraction of sp³-hybridized carbons (Fsp3) is 1.00. The highest BCUT2D eigenvalue weighted by molar-refractivity contribution is 4.69. The van der Waals surface area contributed by atoms with Crippen LogP contribution in [0.15, 0.2) is 0 Å². The van der Waals surface area contributed by atoms with E-state index in [0.29, 0.717) is 0 Å². The maximum atomic E-state index is 3.45. The zero-order valence-corrected chi connectivity index (χ0v) is 9.39. The molecule has 3 heteroatoms. The Morgan fingerprint density at radius 3 is 2.21 bits per heavy atom. The molecular weight excluding hydrogens is 174 g/mol. The first-order valence-electron chi connectivity index (χ1n) is 6.03. The quantitative estimate of drug-likeness (QED) is 0.612. The molecule has 0 aromatic heterocycles. The van der Waals surface area contributed by atoms with Gasteiger partial charge in [0.05, 0.1) is 26.7 Å². The number of likely N-dealkylation sites (N-methyl/N-ethyl adjacent to an activating group) is 1. The van der Waals surface area contributed by atoms with Crippen LogP contribution in [0.25, 0.3) is 0 Å². The van der Waals surface area contributed by atoms with E-state index in [1.807, 2.05) is 0 Å². The minimum atomic E-state index is 0.972. The van der Waals surface area contributed by atoms with Gasteiger partial charge in [0.1, 0.15) is 0 Å². The number of quaternary nitrogens is 1. The minimum Gasteiger partial charge on any atom is -0.324 e. The van der Waals surface area contributed by atoms with Gasteiger partial charge < -0.3 is 15.1 Å². The summed E-state index contributed by atoms with van der Waals surface area (Å²) in [5.41, 5.74) is 0. The van der Waals surface area contributed by atoms with Crippen LogP contribution < -0.4 is 10.6 Å². The topological polar surface area (TPSA) is 24.1 Å². The van der Waals surface area contributed by atoms with Crippen LogP contribution in [0.5, 0.6) is 0 Å². The Labute approximate surface area is 87.4 Å². The molecule has 0 bridgehead atoms. The summed E-state index contributed by atoms with van der Waals surface area (Å²) in [7, 11) is 2.43. The SMILES string of the molecule is C[N+]1(CC2CCNCC2)CCNCC1. The lowest BCUT2D eigenvalue weighted by atomic mass is 9.96. The second-order valence-corrected chi connectivity index (χ2v) is 5.19. The summed E-state index contributed by atoms with van der Waals surface area (Å²) in [6.07, 6.45) is 2.78. The number of nitrogens with one attached hydrogen (secondary N) is 2. The predicted octanol–water partition coefficient (Wildman–Crippen LogP) is 0.0358. The number of hydrogen-bond donors (Lipinski definition) is 2. The molecule has 0 atom stereocenters. The lowest BCUT2D eigenvalue weighted by molar-refractivity contribution is -0.914. The van der Waals surface area contributed by atoms with Crippen molar-refractivity contribution in [1.82, 2.24) is 10.6 Å². The summed E-state index contributed by atoms with van der Waals surface area (Å²) in [5.74, 6) is 0.972. The Balaban J connectivity index is 1.81. The van der Waals surface area contributed by atoms with Gasteiger partial charge in [0.2, 0.25) is 0 Å². The van der Waals surface area contributed by atoms with E-state index in [4.69, 9.17) is 0 Å². The van der Waals surface area contributed by atoms with Gasteiger partial charge in [-0.3, -0.25) is 0 Å². The maximum Gasteiger partial charge on any atom is 0.0911 e. The summed E-state index contributed by atoms with van der Waals surface area (Å²) in [6, 6.07) is 0. The van der Waals surface area contributed by atoms with Crippen molar-refractivity contribution < 1.29 is 4.48 Å². The second kappa shape index (κ2) is 4.60. The van der Waals surface area contributed by atoms with E-state index in [1.54, 1.807) is 0 Å². The van der Waals surface area contributed by atoms with Gasteiger partial charge in [0.25, 0.3) is 0 Å². The van der Waals surface area contributed by atoms with Crippen molar-refractivity contribution in [3.8, 4) is 0 Å². The third-order valence-electron chi connectivity index (χ3n) is 3.81. The molecule has 0 aliphatic carbocycles. The first-order chi connectivity index (χ1) is 6.79. The maximum absolute atomic E-state index is 3.45. The molecule has 0 unspecified atom stereocenters. The molecule has 0 radical (unpaired) electrons. The van der Waals surface area contributed by atoms with Crippen molar-refractivity contribution in [2.45, 2.75) is 12.8 Å². The molecule has 2 saturated heterocycles. The number of rotatable bonds is 2. The minimum absolute atomic E-state index is 0.972. The zero-order valence-electron chi connectivity index (χ0n) is 9.39. The van der Waals surface area contributed by atoms with Gasteiger partial charge >= 0.3 is 0 Å². The van der Waals surface area contributed by atoms with E-state index in [2.05, 4.69) is 17.7 Å². The molecule has 2 rings (SSSR count). The summed E-state index contributed by atoms with van der Waals surface area (Å²) in [4.78, 5) is 0. The zero-order chi connectivity index (χ0) is 9.86. The fourth-order valence-electron chi connectivity index (χ4n) is 2.80. The van der Waals surface area contributed by atoms with Crippen molar-refractivity contribution in [2.24, 2.45) is 5.92 Å². The lowest BCUT2D eigenvalue weighted by Crippen LogP contribution is -2.58. The third kappa shape index (κ3) is 2.69. The van der Waals surface area contributed by atoms with Crippen molar-refractivity contribution in [1.29, 1.82) is 0 Å². The van der Waals surface area contributed by atoms with Crippen LogP contribution in [0, 0.1) is 5.92 Å². The van der Waals surface area contributed by atoms with E-state index in [0.717, 1.165) is 5.92 Å². The van der Waals surface area contributed by atoms with Crippen molar-refractivity contribution >= 4 is 0 Å². The number of piperazine rings is 1. The fourth-order valence-corrected chi connectivity index (χ4v) is 2.80. The number of hydrogen-bond acceptors (Lipinski definition) is 2. The summed E-state index contributed by atoms with van der Waals surface area (Å²) < 4.78 is 1.30. The van der Waals surface area contributed by atoms with Crippen molar-refractivity contribution in [3.63, 3.8) is 0 Å². The van der Waals surface area contributed by atoms with Gasteiger partial charge in [0, 0.05) is 19.0 Å². The van der Waals surface area contributed by atoms with E-state index >= 15 is 0 Å². The first-order valence-corrected chi connectivity index (χ1v) is 6.03. The van der Waals surface area contributed by atoms with E-state index in [9.17, 15) is 0 Å². The highest BCUT2D eigenvalue weighted by Gasteiger charge is 2.28. The lowest BCUT2D eigenvalue weighted by Gasteiger charge is -2.41. The Morgan fingerprint density at radius 1 is 1.00 bits per heavy atom. The molecule has 0 amide bonds. The smallest absolute Gasteiger partial charge is 0.0911 e. The summed E-state index contributed by atoms with van der Waals surface area (Å²) in [6.45, 7) is 8.95. The van der Waals surface area contributed by atoms with Gasteiger partial charge in [-0.05, 0) is 25.9 Å². The molecular formula is C11H24N3+. The second-order valence-electron chi connectivity index (χ2n) is 5.19. The van der Waals surface area contributed by atoms with Crippen LogP contribution in [0.2, 0.25) is 0 Å². The summed E-state index contributed by atoms with van der Waals surface area (Å²) >= 11 is 0. The van der Waals surface area contributed by atoms with Gasteiger partial charge in [-0.1, -0.05) is 0 Å². The molecule has 0 aromatic carbocycles. The molecule has 2 aliphatic rings. The van der Waals surface area contributed by atoms with Crippen LogP contribution in [0.3, 0.4) is 0 Å². The molecule has 0 spiro atoms. The molecule has 2 fully saturated rings. The van der Waals surface area contributed by atoms with Crippen molar-refractivity contribution in [3.05, 3.63) is 0 Å². The highest BCUT2D eigenvalue weighted by Crippen LogP contribution is 2.17. The van der Waals surface area contributed by atoms with Gasteiger partial charge in [-0.15, -0.1) is 0 Å². The van der Waals surface area contributed by atoms with Gasteiger partial charge in [0.15, 0.2) is 0 Å². The molecule has 82 valence electrons. The third-order valence-corrected chi connectivity index (χ3v) is 3.81. The van der Waals surface area contributed by atoms with Crippen molar-refractivity contribution in [2.75, 3.05) is 52.9 Å². The van der Waals surface area contributed by atoms with E-state index < -0.39 is 0 Å². The van der Waals surface area contributed by atoms with Crippen LogP contribution in [0.1, 0.15) is 12.8 Å². The van der Waals surface area contributed by atoms with Gasteiger partial charge in [-0.2, -0.15) is 0 Å². The molecule has 14 heavy (non-hydrogen) atoms. The molecule has 2 N–H and O–H groups in total. The monoisotopic (exact) mass is 198 g/mol. The average molecular weight is 198 g/mol. The first kappa shape index (κ1) is 10.4. The van der Waals surface area contributed by atoms with Crippen LogP contribution >= 0.6 is 0 Å².